The van der Waals surface area contributed by atoms with Crippen molar-refractivity contribution < 1.29 is 14.3 Å². The SMILES string of the molecule is CC(C)[C@@H](C(N)=O)N(C(=S)Oc1ccccc1)C(C)COc1ccc(C#N)cc1. The van der Waals surface area contributed by atoms with Crippen LogP contribution in [-0.4, -0.2) is 34.7 Å². The molecule has 2 aromatic rings. The topological polar surface area (TPSA) is 88.6 Å². The number of nitrogens with zero attached hydrogens (tertiary/aromatic N) is 2. The highest BCUT2D eigenvalue weighted by Gasteiger charge is 2.34. The maximum atomic E-state index is 12.2. The van der Waals surface area contributed by atoms with Crippen molar-refractivity contribution in [1.82, 2.24) is 4.90 Å². The van der Waals surface area contributed by atoms with Crippen molar-refractivity contribution in [3.63, 3.8) is 0 Å². The van der Waals surface area contributed by atoms with E-state index in [4.69, 9.17) is 32.7 Å². The second kappa shape index (κ2) is 10.4. The van der Waals surface area contributed by atoms with E-state index in [1.165, 1.54) is 0 Å². The lowest BCUT2D eigenvalue weighted by molar-refractivity contribution is -0.124. The third kappa shape index (κ3) is 6.19. The zero-order chi connectivity index (χ0) is 21.4. The Morgan fingerprint density at radius 3 is 2.24 bits per heavy atom. The van der Waals surface area contributed by atoms with Crippen LogP contribution < -0.4 is 15.2 Å². The lowest BCUT2D eigenvalue weighted by atomic mass is 10.0. The monoisotopic (exact) mass is 411 g/mol. The number of hydrogen-bond donors (Lipinski definition) is 1. The fraction of sp³-hybridized carbons (Fsp3) is 0.318. The van der Waals surface area contributed by atoms with Gasteiger partial charge in [-0.15, -0.1) is 0 Å². The fourth-order valence-corrected chi connectivity index (χ4v) is 3.31. The Morgan fingerprint density at radius 2 is 1.72 bits per heavy atom. The summed E-state index contributed by atoms with van der Waals surface area (Å²) >= 11 is 5.52. The van der Waals surface area contributed by atoms with Gasteiger partial charge < -0.3 is 20.1 Å². The first-order valence-corrected chi connectivity index (χ1v) is 9.71. The number of benzene rings is 2. The molecule has 2 rings (SSSR count). The number of nitrogens with two attached hydrogens (primary N) is 1. The van der Waals surface area contributed by atoms with E-state index in [9.17, 15) is 4.79 Å². The molecule has 0 heterocycles. The van der Waals surface area contributed by atoms with Gasteiger partial charge in [0.05, 0.1) is 17.7 Å². The third-order valence-corrected chi connectivity index (χ3v) is 4.63. The molecule has 0 spiro atoms. The van der Waals surface area contributed by atoms with E-state index in [2.05, 4.69) is 6.07 Å². The third-order valence-electron chi connectivity index (χ3n) is 4.33. The molecule has 2 aromatic carbocycles. The maximum Gasteiger partial charge on any atom is 0.265 e. The number of para-hydroxylation sites is 1. The average Bonchev–Trinajstić information content (AvgIpc) is 2.70. The van der Waals surface area contributed by atoms with Crippen molar-refractivity contribution >= 4 is 23.3 Å². The van der Waals surface area contributed by atoms with Crippen LogP contribution in [0.15, 0.2) is 54.6 Å². The number of rotatable bonds is 8. The molecule has 0 saturated heterocycles. The first-order valence-electron chi connectivity index (χ1n) is 9.31. The number of hydrogen-bond acceptors (Lipinski definition) is 5. The Hall–Kier alpha value is -3.11. The summed E-state index contributed by atoms with van der Waals surface area (Å²) in [6.45, 7) is 5.95. The van der Waals surface area contributed by atoms with Crippen LogP contribution in [0.25, 0.3) is 0 Å². The van der Waals surface area contributed by atoms with Crippen molar-refractivity contribution in [2.45, 2.75) is 32.9 Å². The highest BCUT2D eigenvalue weighted by atomic mass is 32.1. The Kier molecular flexibility index (Phi) is 7.98. The molecule has 152 valence electrons. The summed E-state index contributed by atoms with van der Waals surface area (Å²) in [5, 5.41) is 9.05. The standard InChI is InChI=1S/C22H25N3O3S/c1-15(2)20(21(24)26)25(22(29)28-19-7-5-4-6-8-19)16(3)14-27-18-11-9-17(13-23)10-12-18/h4-12,15-16,20H,14H2,1-3H3,(H2,24,26)/t16?,20-/m0/s1. The second-order valence-corrected chi connectivity index (χ2v) is 7.32. The van der Waals surface area contributed by atoms with Crippen LogP contribution in [0.3, 0.4) is 0 Å². The molecule has 6 nitrogen and oxygen atoms in total. The maximum absolute atomic E-state index is 12.2. The lowest BCUT2D eigenvalue weighted by Crippen LogP contribution is -2.56. The molecule has 1 unspecified atom stereocenters. The normalized spacial score (nSPS) is 12.5. The van der Waals surface area contributed by atoms with Gasteiger partial charge in [0.15, 0.2) is 0 Å². The van der Waals surface area contributed by atoms with Gasteiger partial charge in [-0.1, -0.05) is 32.0 Å². The number of nitriles is 1. The highest BCUT2D eigenvalue weighted by molar-refractivity contribution is 7.80. The highest BCUT2D eigenvalue weighted by Crippen LogP contribution is 2.20. The second-order valence-electron chi connectivity index (χ2n) is 6.98. The van der Waals surface area contributed by atoms with Gasteiger partial charge in [-0.25, -0.2) is 0 Å². The molecule has 0 bridgehead atoms. The smallest absolute Gasteiger partial charge is 0.265 e. The molecule has 0 saturated carbocycles. The van der Waals surface area contributed by atoms with Gasteiger partial charge in [0.1, 0.15) is 24.1 Å². The van der Waals surface area contributed by atoms with Crippen LogP contribution in [0, 0.1) is 17.2 Å². The minimum atomic E-state index is -0.647. The van der Waals surface area contributed by atoms with Gasteiger partial charge in [0, 0.05) is 0 Å². The molecule has 7 heteroatoms. The summed E-state index contributed by atoms with van der Waals surface area (Å²) < 4.78 is 11.7. The number of thiocarbonyl (C=S) groups is 1. The van der Waals surface area contributed by atoms with Crippen LogP contribution >= 0.6 is 12.2 Å². The first-order chi connectivity index (χ1) is 13.8. The minimum Gasteiger partial charge on any atom is -0.491 e. The summed E-state index contributed by atoms with van der Waals surface area (Å²) in [4.78, 5) is 13.9. The molecule has 0 fully saturated rings. The van der Waals surface area contributed by atoms with E-state index in [-0.39, 0.29) is 23.7 Å². The predicted octanol–water partition coefficient (Wildman–Crippen LogP) is 3.50. The molecule has 0 aliphatic rings. The quantitative estimate of drug-likeness (QED) is 0.669. The molecule has 2 atom stereocenters. The van der Waals surface area contributed by atoms with E-state index < -0.39 is 11.9 Å². The number of carbonyl (C=O) groups excluding carboxylic acids is 1. The Bertz CT molecular complexity index is 863. The van der Waals surface area contributed by atoms with Crippen molar-refractivity contribution in [1.29, 1.82) is 5.26 Å². The Balaban J connectivity index is 2.19. The summed E-state index contributed by atoms with van der Waals surface area (Å²) in [5.41, 5.74) is 6.23. The molecular weight excluding hydrogens is 386 g/mol. The lowest BCUT2D eigenvalue weighted by Gasteiger charge is -2.37. The van der Waals surface area contributed by atoms with Crippen LogP contribution in [0.1, 0.15) is 26.3 Å². The Labute approximate surface area is 176 Å². The number of carbonyl (C=O) groups is 1. The minimum absolute atomic E-state index is 0.0813. The van der Waals surface area contributed by atoms with Gasteiger partial charge in [0.2, 0.25) is 5.91 Å². The van der Waals surface area contributed by atoms with E-state index in [0.29, 0.717) is 17.1 Å². The van der Waals surface area contributed by atoms with Gasteiger partial charge in [-0.3, -0.25) is 4.79 Å². The Morgan fingerprint density at radius 1 is 1.10 bits per heavy atom. The zero-order valence-corrected chi connectivity index (χ0v) is 17.6. The molecular formula is C22H25N3O3S. The van der Waals surface area contributed by atoms with Gasteiger partial charge >= 0.3 is 0 Å². The van der Waals surface area contributed by atoms with Crippen molar-refractivity contribution in [3.8, 4) is 17.6 Å². The summed E-state index contributed by atoms with van der Waals surface area (Å²) in [7, 11) is 0. The number of amides is 1. The summed E-state index contributed by atoms with van der Waals surface area (Å²) in [6, 6.07) is 17.1. The fourth-order valence-electron chi connectivity index (χ4n) is 2.92. The zero-order valence-electron chi connectivity index (χ0n) is 16.7. The molecule has 0 aliphatic carbocycles. The van der Waals surface area contributed by atoms with Crippen LogP contribution in [-0.2, 0) is 4.79 Å². The molecule has 0 aliphatic heterocycles. The van der Waals surface area contributed by atoms with E-state index in [0.717, 1.165) is 0 Å². The summed E-state index contributed by atoms with van der Waals surface area (Å²) in [5.74, 6) is 0.631. The van der Waals surface area contributed by atoms with Crippen LogP contribution in [0.5, 0.6) is 11.5 Å². The first kappa shape index (κ1) is 22.2. The number of ether oxygens (including phenoxy) is 2. The van der Waals surface area contributed by atoms with Crippen LogP contribution in [0.2, 0.25) is 0 Å². The van der Waals surface area contributed by atoms with Gasteiger partial charge in [-0.05, 0) is 61.5 Å². The van der Waals surface area contributed by atoms with Gasteiger partial charge in [0.25, 0.3) is 5.17 Å². The van der Waals surface area contributed by atoms with E-state index >= 15 is 0 Å². The molecule has 0 radical (unpaired) electrons. The number of primary amides is 1. The van der Waals surface area contributed by atoms with Gasteiger partial charge in [-0.2, -0.15) is 5.26 Å². The van der Waals surface area contributed by atoms with Crippen molar-refractivity contribution in [3.05, 3.63) is 60.2 Å². The predicted molar refractivity (Wildman–Crippen MR) is 115 cm³/mol. The van der Waals surface area contributed by atoms with Crippen LogP contribution in [0.4, 0.5) is 0 Å². The average molecular weight is 412 g/mol. The molecule has 0 aromatic heterocycles. The molecule has 29 heavy (non-hydrogen) atoms. The van der Waals surface area contributed by atoms with E-state index in [1.54, 1.807) is 41.3 Å². The van der Waals surface area contributed by atoms with E-state index in [1.807, 2.05) is 39.0 Å². The summed E-state index contributed by atoms with van der Waals surface area (Å²) in [6.07, 6.45) is 0. The largest absolute Gasteiger partial charge is 0.491 e. The van der Waals surface area contributed by atoms with Crippen molar-refractivity contribution in [2.75, 3.05) is 6.61 Å². The molecule has 2 N–H and O–H groups in total. The molecule has 1 amide bonds. The van der Waals surface area contributed by atoms with Crippen molar-refractivity contribution in [2.24, 2.45) is 11.7 Å².